The van der Waals surface area contributed by atoms with Crippen LogP contribution in [-0.4, -0.2) is 24.2 Å². The lowest BCUT2D eigenvalue weighted by molar-refractivity contribution is 0.0224. The highest BCUT2D eigenvalue weighted by Crippen LogP contribution is 2.23. The minimum Gasteiger partial charge on any atom is -0.370 e. The second-order valence-electron chi connectivity index (χ2n) is 6.66. The molecule has 0 spiro atoms. The van der Waals surface area contributed by atoms with Gasteiger partial charge >= 0.3 is 0 Å². The SMILES string of the molecule is CCCCCC#Cc1cncc(N2CC(OCc3ccc(Cl)cc3)C2)c1. The zero-order valence-corrected chi connectivity index (χ0v) is 16.0. The molecule has 0 atom stereocenters. The summed E-state index contributed by atoms with van der Waals surface area (Å²) in [7, 11) is 0. The zero-order valence-electron chi connectivity index (χ0n) is 15.2. The molecule has 26 heavy (non-hydrogen) atoms. The van der Waals surface area contributed by atoms with Crippen LogP contribution < -0.4 is 4.90 Å². The van der Waals surface area contributed by atoms with Gasteiger partial charge in [0.2, 0.25) is 0 Å². The molecule has 1 saturated heterocycles. The maximum Gasteiger partial charge on any atom is 0.0928 e. The van der Waals surface area contributed by atoms with Gasteiger partial charge in [-0.15, -0.1) is 0 Å². The molecule has 0 radical (unpaired) electrons. The monoisotopic (exact) mass is 368 g/mol. The van der Waals surface area contributed by atoms with E-state index in [2.05, 4.69) is 34.7 Å². The number of ether oxygens (including phenoxy) is 1. The van der Waals surface area contributed by atoms with Crippen LogP contribution in [0.2, 0.25) is 5.02 Å². The van der Waals surface area contributed by atoms with Gasteiger partial charge in [-0.1, -0.05) is 55.3 Å². The molecule has 0 aliphatic carbocycles. The summed E-state index contributed by atoms with van der Waals surface area (Å²) in [6.45, 7) is 4.61. The van der Waals surface area contributed by atoms with E-state index < -0.39 is 0 Å². The van der Waals surface area contributed by atoms with E-state index in [1.54, 1.807) is 0 Å². The molecule has 0 N–H and O–H groups in total. The summed E-state index contributed by atoms with van der Waals surface area (Å²) in [6, 6.07) is 9.92. The Hall–Kier alpha value is -2.02. The second kappa shape index (κ2) is 9.62. The maximum atomic E-state index is 5.96. The highest BCUT2D eigenvalue weighted by molar-refractivity contribution is 6.30. The van der Waals surface area contributed by atoms with Crippen LogP contribution in [0.3, 0.4) is 0 Å². The van der Waals surface area contributed by atoms with Crippen molar-refractivity contribution < 1.29 is 4.74 Å². The lowest BCUT2D eigenvalue weighted by atomic mass is 10.1. The van der Waals surface area contributed by atoms with Gasteiger partial charge in [0.25, 0.3) is 0 Å². The minimum absolute atomic E-state index is 0.259. The highest BCUT2D eigenvalue weighted by atomic mass is 35.5. The van der Waals surface area contributed by atoms with E-state index in [0.717, 1.165) is 41.3 Å². The van der Waals surface area contributed by atoms with Crippen LogP contribution >= 0.6 is 11.6 Å². The number of halogens is 1. The molecular weight excluding hydrogens is 344 g/mol. The third-order valence-corrected chi connectivity index (χ3v) is 4.73. The molecule has 4 heteroatoms. The van der Waals surface area contributed by atoms with Crippen molar-refractivity contribution in [3.8, 4) is 11.8 Å². The van der Waals surface area contributed by atoms with Crippen molar-refractivity contribution in [3.05, 3.63) is 58.9 Å². The Kier molecular flexibility index (Phi) is 6.94. The summed E-state index contributed by atoms with van der Waals surface area (Å²) in [5.41, 5.74) is 3.26. The lowest BCUT2D eigenvalue weighted by Crippen LogP contribution is -2.52. The molecular formula is C22H25ClN2O. The Morgan fingerprint density at radius 3 is 2.77 bits per heavy atom. The van der Waals surface area contributed by atoms with Crippen LogP contribution in [0.5, 0.6) is 0 Å². The number of nitrogens with zero attached hydrogens (tertiary/aromatic N) is 2. The molecule has 136 valence electrons. The quantitative estimate of drug-likeness (QED) is 0.503. The number of aromatic nitrogens is 1. The maximum absolute atomic E-state index is 5.96. The minimum atomic E-state index is 0.259. The van der Waals surface area contributed by atoms with E-state index in [4.69, 9.17) is 16.3 Å². The van der Waals surface area contributed by atoms with Gasteiger partial charge in [-0.25, -0.2) is 0 Å². The predicted octanol–water partition coefficient (Wildman–Crippen LogP) is 5.07. The van der Waals surface area contributed by atoms with Crippen LogP contribution in [0.1, 0.15) is 43.7 Å². The van der Waals surface area contributed by atoms with Crippen LogP contribution in [0.4, 0.5) is 5.69 Å². The average molecular weight is 369 g/mol. The second-order valence-corrected chi connectivity index (χ2v) is 7.09. The first-order chi connectivity index (χ1) is 12.7. The highest BCUT2D eigenvalue weighted by Gasteiger charge is 2.27. The normalized spacial score (nSPS) is 13.8. The predicted molar refractivity (Wildman–Crippen MR) is 107 cm³/mol. The third-order valence-electron chi connectivity index (χ3n) is 4.47. The first kappa shape index (κ1) is 18.8. The van der Waals surface area contributed by atoms with Gasteiger partial charge in [-0.2, -0.15) is 0 Å². The van der Waals surface area contributed by atoms with Gasteiger partial charge in [0.05, 0.1) is 24.6 Å². The Balaban J connectivity index is 1.45. The number of hydrogen-bond acceptors (Lipinski definition) is 3. The summed E-state index contributed by atoms with van der Waals surface area (Å²) in [5.74, 6) is 6.48. The van der Waals surface area contributed by atoms with Gasteiger partial charge < -0.3 is 9.64 Å². The van der Waals surface area contributed by atoms with Gasteiger partial charge in [-0.05, 0) is 30.2 Å². The molecule has 0 unspecified atom stereocenters. The topological polar surface area (TPSA) is 25.4 Å². The molecule has 1 aliphatic heterocycles. The fourth-order valence-corrected chi connectivity index (χ4v) is 2.97. The standard InChI is InChI=1S/C22H25ClN2O/c1-2-3-4-5-6-7-19-12-21(14-24-13-19)25-15-22(16-25)26-17-18-8-10-20(23)11-9-18/h8-14,22H,2-5,15-17H2,1H3. The largest absolute Gasteiger partial charge is 0.370 e. The smallest absolute Gasteiger partial charge is 0.0928 e. The number of benzene rings is 1. The van der Waals surface area contributed by atoms with Crippen LogP contribution in [0, 0.1) is 11.8 Å². The number of rotatable bonds is 7. The molecule has 0 bridgehead atoms. The summed E-state index contributed by atoms with van der Waals surface area (Å²) in [5, 5.41) is 0.754. The van der Waals surface area contributed by atoms with Crippen molar-refractivity contribution in [2.45, 2.75) is 45.3 Å². The van der Waals surface area contributed by atoms with Crippen molar-refractivity contribution in [1.82, 2.24) is 4.98 Å². The van der Waals surface area contributed by atoms with Crippen molar-refractivity contribution >= 4 is 17.3 Å². The zero-order chi connectivity index (χ0) is 18.2. The van der Waals surface area contributed by atoms with Crippen LogP contribution in [-0.2, 0) is 11.3 Å². The molecule has 3 rings (SSSR count). The van der Waals surface area contributed by atoms with E-state index in [-0.39, 0.29) is 6.10 Å². The third kappa shape index (κ3) is 5.49. The van der Waals surface area contributed by atoms with E-state index in [0.29, 0.717) is 6.61 Å². The van der Waals surface area contributed by atoms with Crippen LogP contribution in [0.15, 0.2) is 42.7 Å². The Morgan fingerprint density at radius 2 is 2.00 bits per heavy atom. The first-order valence-electron chi connectivity index (χ1n) is 9.29. The molecule has 3 nitrogen and oxygen atoms in total. The van der Waals surface area contributed by atoms with Gasteiger partial charge in [0, 0.05) is 36.3 Å². The molecule has 0 amide bonds. The van der Waals surface area contributed by atoms with E-state index in [1.165, 1.54) is 19.3 Å². The summed E-state index contributed by atoms with van der Waals surface area (Å²) < 4.78 is 5.96. The fourth-order valence-electron chi connectivity index (χ4n) is 2.85. The Morgan fingerprint density at radius 1 is 1.19 bits per heavy atom. The lowest BCUT2D eigenvalue weighted by Gasteiger charge is -2.40. The summed E-state index contributed by atoms with van der Waals surface area (Å²) >= 11 is 5.90. The van der Waals surface area contributed by atoms with Gasteiger partial charge in [-0.3, -0.25) is 4.98 Å². The van der Waals surface area contributed by atoms with E-state index in [9.17, 15) is 0 Å². The number of unbranched alkanes of at least 4 members (excludes halogenated alkanes) is 3. The average Bonchev–Trinajstić information content (AvgIpc) is 2.62. The van der Waals surface area contributed by atoms with Gasteiger partial charge in [0.1, 0.15) is 0 Å². The van der Waals surface area contributed by atoms with Crippen molar-refractivity contribution in [3.63, 3.8) is 0 Å². The fraction of sp³-hybridized carbons (Fsp3) is 0.409. The number of hydrogen-bond donors (Lipinski definition) is 0. The number of anilines is 1. The summed E-state index contributed by atoms with van der Waals surface area (Å²) in [4.78, 5) is 6.61. The van der Waals surface area contributed by atoms with Crippen molar-refractivity contribution in [2.24, 2.45) is 0 Å². The molecule has 0 saturated carbocycles. The van der Waals surface area contributed by atoms with Gasteiger partial charge in [0.15, 0.2) is 0 Å². The molecule has 1 aromatic heterocycles. The van der Waals surface area contributed by atoms with E-state index in [1.807, 2.05) is 36.7 Å². The van der Waals surface area contributed by atoms with E-state index >= 15 is 0 Å². The van der Waals surface area contributed by atoms with Crippen LogP contribution in [0.25, 0.3) is 0 Å². The Bertz CT molecular complexity index is 758. The van der Waals surface area contributed by atoms with Crippen molar-refractivity contribution in [1.29, 1.82) is 0 Å². The first-order valence-corrected chi connectivity index (χ1v) is 9.67. The number of pyridine rings is 1. The summed E-state index contributed by atoms with van der Waals surface area (Å²) in [6.07, 6.45) is 8.61. The molecule has 2 heterocycles. The Labute approximate surface area is 161 Å². The molecule has 2 aromatic rings. The van der Waals surface area contributed by atoms with Crippen molar-refractivity contribution in [2.75, 3.05) is 18.0 Å². The molecule has 1 fully saturated rings. The molecule has 1 aliphatic rings. The molecule has 1 aromatic carbocycles.